The molecule has 2 N–H and O–H groups in total. The number of hydrazone groups is 2. The molecule has 136 valence electrons. The van der Waals surface area contributed by atoms with Gasteiger partial charge in [-0.05, 0) is 50.3 Å². The SMILES string of the molecule is CCOc1ccccc1/C=N\NC(=S)N/N=C/c1ccccc1OCC. The summed E-state index contributed by atoms with van der Waals surface area (Å²) in [6.07, 6.45) is 3.29. The Hall–Kier alpha value is -2.93. The van der Waals surface area contributed by atoms with E-state index in [0.717, 1.165) is 22.6 Å². The quantitative estimate of drug-likeness (QED) is 0.424. The van der Waals surface area contributed by atoms with Gasteiger partial charge in [-0.25, -0.2) is 0 Å². The van der Waals surface area contributed by atoms with Gasteiger partial charge in [-0.1, -0.05) is 24.3 Å². The Morgan fingerprint density at radius 3 is 1.69 bits per heavy atom. The number of nitrogens with zero attached hydrogens (tertiary/aromatic N) is 2. The van der Waals surface area contributed by atoms with E-state index in [4.69, 9.17) is 21.7 Å². The highest BCUT2D eigenvalue weighted by Gasteiger charge is 2.00. The van der Waals surface area contributed by atoms with Gasteiger partial charge in [0.2, 0.25) is 5.11 Å². The summed E-state index contributed by atoms with van der Waals surface area (Å²) < 4.78 is 11.1. The number of hydrogen-bond donors (Lipinski definition) is 2. The van der Waals surface area contributed by atoms with Gasteiger partial charge < -0.3 is 9.47 Å². The number of para-hydroxylation sites is 2. The van der Waals surface area contributed by atoms with Gasteiger partial charge in [0.1, 0.15) is 11.5 Å². The molecule has 0 radical (unpaired) electrons. The van der Waals surface area contributed by atoms with Gasteiger partial charge in [-0.3, -0.25) is 10.9 Å². The van der Waals surface area contributed by atoms with Gasteiger partial charge >= 0.3 is 0 Å². The smallest absolute Gasteiger partial charge is 0.207 e. The van der Waals surface area contributed by atoms with Crippen LogP contribution < -0.4 is 20.3 Å². The highest BCUT2D eigenvalue weighted by Crippen LogP contribution is 2.16. The molecule has 26 heavy (non-hydrogen) atoms. The topological polar surface area (TPSA) is 67.2 Å². The zero-order chi connectivity index (χ0) is 18.6. The van der Waals surface area contributed by atoms with Crippen molar-refractivity contribution >= 4 is 29.8 Å². The molecule has 0 fully saturated rings. The van der Waals surface area contributed by atoms with Crippen LogP contribution in [0, 0.1) is 0 Å². The largest absolute Gasteiger partial charge is 0.493 e. The van der Waals surface area contributed by atoms with Gasteiger partial charge in [0.25, 0.3) is 0 Å². The lowest BCUT2D eigenvalue weighted by Gasteiger charge is -2.07. The molecule has 0 aliphatic rings. The van der Waals surface area contributed by atoms with Gasteiger partial charge in [0, 0.05) is 11.1 Å². The highest BCUT2D eigenvalue weighted by atomic mass is 32.1. The molecule has 0 spiro atoms. The van der Waals surface area contributed by atoms with Crippen molar-refractivity contribution in [3.63, 3.8) is 0 Å². The monoisotopic (exact) mass is 370 g/mol. The van der Waals surface area contributed by atoms with Crippen LogP contribution in [0.5, 0.6) is 11.5 Å². The third kappa shape index (κ3) is 6.18. The second kappa shape index (κ2) is 10.8. The first-order chi connectivity index (χ1) is 12.7. The van der Waals surface area contributed by atoms with Crippen molar-refractivity contribution in [2.45, 2.75) is 13.8 Å². The molecule has 0 aliphatic carbocycles. The molecule has 0 heterocycles. The van der Waals surface area contributed by atoms with Crippen LogP contribution in [0.3, 0.4) is 0 Å². The predicted molar refractivity (Wildman–Crippen MR) is 109 cm³/mol. The van der Waals surface area contributed by atoms with E-state index < -0.39 is 0 Å². The summed E-state index contributed by atoms with van der Waals surface area (Å²) in [5.74, 6) is 1.54. The van der Waals surface area contributed by atoms with E-state index in [1.807, 2.05) is 62.4 Å². The molecule has 6 nitrogen and oxygen atoms in total. The molecule has 2 aromatic rings. The fourth-order valence-corrected chi connectivity index (χ4v) is 2.20. The molecule has 0 aromatic heterocycles. The standard InChI is InChI=1S/C19H22N4O2S/c1-3-24-17-11-7-5-9-15(17)13-20-22-19(26)23-21-14-16-10-6-8-12-18(16)25-4-2/h5-14H,3-4H2,1-2H3,(H2,22,23,26)/b20-13-,21-14+. The lowest BCUT2D eigenvalue weighted by atomic mass is 10.2. The first kappa shape index (κ1) is 19.4. The number of rotatable bonds is 8. The summed E-state index contributed by atoms with van der Waals surface area (Å²) in [4.78, 5) is 0. The Morgan fingerprint density at radius 1 is 0.846 bits per heavy atom. The Morgan fingerprint density at radius 2 is 1.27 bits per heavy atom. The van der Waals surface area contributed by atoms with Crippen LogP contribution in [0.2, 0.25) is 0 Å². The first-order valence-electron chi connectivity index (χ1n) is 8.30. The molecule has 0 saturated carbocycles. The van der Waals surface area contributed by atoms with Crippen molar-refractivity contribution in [2.75, 3.05) is 13.2 Å². The molecular formula is C19H22N4O2S. The normalized spacial score (nSPS) is 10.8. The molecule has 0 bridgehead atoms. The predicted octanol–water partition coefficient (Wildman–Crippen LogP) is 3.32. The molecule has 7 heteroatoms. The van der Waals surface area contributed by atoms with Crippen molar-refractivity contribution in [1.82, 2.24) is 10.9 Å². The van der Waals surface area contributed by atoms with Gasteiger partial charge in [-0.2, -0.15) is 10.2 Å². The highest BCUT2D eigenvalue weighted by molar-refractivity contribution is 7.80. The van der Waals surface area contributed by atoms with Gasteiger partial charge in [-0.15, -0.1) is 0 Å². The third-order valence-corrected chi connectivity index (χ3v) is 3.36. The van der Waals surface area contributed by atoms with Crippen LogP contribution >= 0.6 is 12.2 Å². The minimum atomic E-state index is 0.278. The Bertz CT molecular complexity index is 714. The maximum absolute atomic E-state index is 5.54. The number of ether oxygens (including phenoxy) is 2. The van der Waals surface area contributed by atoms with Crippen molar-refractivity contribution in [3.05, 3.63) is 59.7 Å². The minimum Gasteiger partial charge on any atom is -0.493 e. The van der Waals surface area contributed by atoms with E-state index in [1.54, 1.807) is 12.4 Å². The average Bonchev–Trinajstić information content (AvgIpc) is 2.65. The fourth-order valence-electron chi connectivity index (χ4n) is 2.09. The number of thiocarbonyl (C=S) groups is 1. The lowest BCUT2D eigenvalue weighted by molar-refractivity contribution is 0.339. The molecule has 0 unspecified atom stereocenters. The first-order valence-corrected chi connectivity index (χ1v) is 8.71. The van der Waals surface area contributed by atoms with Crippen LogP contribution in [0.25, 0.3) is 0 Å². The zero-order valence-electron chi connectivity index (χ0n) is 14.8. The summed E-state index contributed by atoms with van der Waals surface area (Å²) >= 11 is 5.14. The van der Waals surface area contributed by atoms with E-state index in [-0.39, 0.29) is 5.11 Å². The summed E-state index contributed by atoms with van der Waals surface area (Å²) in [5.41, 5.74) is 7.15. The Balaban J connectivity index is 1.88. The lowest BCUT2D eigenvalue weighted by Crippen LogP contribution is -2.28. The number of nitrogens with one attached hydrogen (secondary N) is 2. The second-order valence-electron chi connectivity index (χ2n) is 5.01. The molecule has 2 rings (SSSR count). The van der Waals surface area contributed by atoms with Gasteiger partial charge in [0.15, 0.2) is 0 Å². The van der Waals surface area contributed by atoms with Crippen LogP contribution in [-0.4, -0.2) is 30.8 Å². The van der Waals surface area contributed by atoms with Gasteiger partial charge in [0.05, 0.1) is 25.6 Å². The van der Waals surface area contributed by atoms with Crippen molar-refractivity contribution in [1.29, 1.82) is 0 Å². The Kier molecular flexibility index (Phi) is 8.08. The van der Waals surface area contributed by atoms with E-state index in [2.05, 4.69) is 21.1 Å². The average molecular weight is 370 g/mol. The van der Waals surface area contributed by atoms with E-state index in [0.29, 0.717) is 13.2 Å². The number of hydrogen-bond acceptors (Lipinski definition) is 5. The van der Waals surface area contributed by atoms with Crippen molar-refractivity contribution in [3.8, 4) is 11.5 Å². The zero-order valence-corrected chi connectivity index (χ0v) is 15.6. The molecule has 0 atom stereocenters. The molecular weight excluding hydrogens is 348 g/mol. The maximum atomic E-state index is 5.54. The van der Waals surface area contributed by atoms with Crippen LogP contribution in [0.1, 0.15) is 25.0 Å². The fraction of sp³-hybridized carbons (Fsp3) is 0.211. The van der Waals surface area contributed by atoms with E-state index in [9.17, 15) is 0 Å². The van der Waals surface area contributed by atoms with Crippen molar-refractivity contribution in [2.24, 2.45) is 10.2 Å². The summed E-state index contributed by atoms with van der Waals surface area (Å²) in [7, 11) is 0. The molecule has 0 aliphatic heterocycles. The molecule has 2 aromatic carbocycles. The molecule has 0 amide bonds. The van der Waals surface area contributed by atoms with E-state index >= 15 is 0 Å². The van der Waals surface area contributed by atoms with Crippen LogP contribution in [-0.2, 0) is 0 Å². The summed E-state index contributed by atoms with van der Waals surface area (Å²) in [6, 6.07) is 15.3. The Labute approximate surface area is 158 Å². The minimum absolute atomic E-state index is 0.278. The third-order valence-electron chi connectivity index (χ3n) is 3.18. The van der Waals surface area contributed by atoms with Crippen LogP contribution in [0.4, 0.5) is 0 Å². The second-order valence-corrected chi connectivity index (χ2v) is 5.42. The summed E-state index contributed by atoms with van der Waals surface area (Å²) in [6.45, 7) is 5.06. The number of benzene rings is 2. The summed E-state index contributed by atoms with van der Waals surface area (Å²) in [5, 5.41) is 8.48. The maximum Gasteiger partial charge on any atom is 0.207 e. The van der Waals surface area contributed by atoms with Crippen LogP contribution in [0.15, 0.2) is 58.7 Å². The van der Waals surface area contributed by atoms with Crippen molar-refractivity contribution < 1.29 is 9.47 Å². The van der Waals surface area contributed by atoms with E-state index in [1.165, 1.54) is 0 Å². The molecule has 0 saturated heterocycles.